The Kier molecular flexibility index (Phi) is 6.74. The summed E-state index contributed by atoms with van der Waals surface area (Å²) in [5.74, 6) is -1.49. The molecule has 0 radical (unpaired) electrons. The van der Waals surface area contributed by atoms with Crippen LogP contribution in [0.25, 0.3) is 0 Å². The van der Waals surface area contributed by atoms with Crippen molar-refractivity contribution in [1.82, 2.24) is 10.6 Å². The molecule has 1 aliphatic heterocycles. The summed E-state index contributed by atoms with van der Waals surface area (Å²) in [6, 6.07) is 10.4. The van der Waals surface area contributed by atoms with Gasteiger partial charge in [-0.2, -0.15) is 0 Å². The molecule has 0 bridgehead atoms. The number of aliphatic hydroxyl groups is 1. The number of amides is 1. The molecule has 172 valence electrons. The van der Waals surface area contributed by atoms with Gasteiger partial charge < -0.3 is 25.6 Å². The van der Waals surface area contributed by atoms with Crippen molar-refractivity contribution in [2.45, 2.75) is 55.9 Å². The molecule has 1 heterocycles. The molecular formula is C24H28F2N2O4. The Morgan fingerprint density at radius 2 is 1.94 bits per heavy atom. The van der Waals surface area contributed by atoms with E-state index in [4.69, 9.17) is 4.74 Å². The van der Waals surface area contributed by atoms with E-state index < -0.39 is 29.9 Å². The van der Waals surface area contributed by atoms with Gasteiger partial charge in [0.25, 0.3) is 0 Å². The van der Waals surface area contributed by atoms with Crippen LogP contribution in [-0.2, 0) is 16.7 Å². The summed E-state index contributed by atoms with van der Waals surface area (Å²) < 4.78 is 32.8. The normalized spacial score (nSPS) is 21.2. The fourth-order valence-corrected chi connectivity index (χ4v) is 4.44. The number of benzene rings is 2. The lowest BCUT2D eigenvalue weighted by atomic mass is 9.97. The highest BCUT2D eigenvalue weighted by Gasteiger charge is 2.44. The third kappa shape index (κ3) is 5.43. The number of carboxylic acid groups (broad SMARTS) is 1. The molecule has 0 aromatic heterocycles. The van der Waals surface area contributed by atoms with Crippen LogP contribution in [0.2, 0.25) is 0 Å². The van der Waals surface area contributed by atoms with Crippen molar-refractivity contribution in [3.63, 3.8) is 0 Å². The molecule has 4 N–H and O–H groups in total. The Bertz CT molecular complexity index is 941. The van der Waals surface area contributed by atoms with E-state index >= 15 is 0 Å². The summed E-state index contributed by atoms with van der Waals surface area (Å²) in [4.78, 5) is 11.2. The number of aliphatic hydroxyl groups excluding tert-OH is 1. The van der Waals surface area contributed by atoms with Crippen LogP contribution < -0.4 is 10.6 Å². The highest BCUT2D eigenvalue weighted by Crippen LogP contribution is 2.46. The molecule has 2 aliphatic rings. The summed E-state index contributed by atoms with van der Waals surface area (Å²) >= 11 is 0. The molecule has 1 saturated carbocycles. The average molecular weight is 446 g/mol. The standard InChI is InChI=1S/C24H28F2N2O4/c25-18-9-15(10-19(26)13-18)11-20(28-23(30)31)21(29)14-27-24(6-7-24)17-4-1-3-16(12-17)22-5-2-8-32-22/h1,3-4,9-10,12-13,20-22,27-29H,2,5-8,11,14H2,(H,30,31)/t20-,21+,22?/m0/s1. The number of nitrogens with one attached hydrogen (secondary N) is 2. The van der Waals surface area contributed by atoms with Crippen LogP contribution in [0.5, 0.6) is 0 Å². The number of halogens is 2. The second-order valence-electron chi connectivity index (χ2n) is 8.70. The van der Waals surface area contributed by atoms with Gasteiger partial charge in [0.05, 0.1) is 18.2 Å². The van der Waals surface area contributed by atoms with Gasteiger partial charge >= 0.3 is 6.09 Å². The summed E-state index contributed by atoms with van der Waals surface area (Å²) in [5.41, 5.74) is 2.26. The van der Waals surface area contributed by atoms with Crippen LogP contribution in [0.15, 0.2) is 42.5 Å². The SMILES string of the molecule is O=C(O)N[C@@H](Cc1cc(F)cc(F)c1)[C@H](O)CNC1(c2cccc(C3CCCO3)c2)CC1. The van der Waals surface area contributed by atoms with Gasteiger partial charge in [0.2, 0.25) is 0 Å². The molecule has 3 atom stereocenters. The lowest BCUT2D eigenvalue weighted by Crippen LogP contribution is -2.49. The van der Waals surface area contributed by atoms with Crippen molar-refractivity contribution in [2.75, 3.05) is 13.2 Å². The molecular weight excluding hydrogens is 418 g/mol. The lowest BCUT2D eigenvalue weighted by Gasteiger charge is -2.27. The molecule has 2 aromatic carbocycles. The van der Waals surface area contributed by atoms with Gasteiger partial charge in [0.1, 0.15) is 11.6 Å². The largest absolute Gasteiger partial charge is 0.465 e. The average Bonchev–Trinajstić information content (AvgIpc) is 3.33. The number of carbonyl (C=O) groups is 1. The van der Waals surface area contributed by atoms with Crippen molar-refractivity contribution in [1.29, 1.82) is 0 Å². The minimum absolute atomic E-state index is 0.0364. The van der Waals surface area contributed by atoms with Gasteiger partial charge in [-0.05, 0) is 60.9 Å². The van der Waals surface area contributed by atoms with Crippen LogP contribution in [-0.4, -0.2) is 41.6 Å². The zero-order valence-electron chi connectivity index (χ0n) is 17.7. The van der Waals surface area contributed by atoms with Crippen LogP contribution in [0.4, 0.5) is 13.6 Å². The Labute approximate surface area is 185 Å². The zero-order valence-corrected chi connectivity index (χ0v) is 17.7. The van der Waals surface area contributed by atoms with Crippen LogP contribution in [0, 0.1) is 11.6 Å². The quantitative estimate of drug-likeness (QED) is 0.472. The maximum Gasteiger partial charge on any atom is 0.404 e. The minimum atomic E-state index is -1.31. The third-order valence-electron chi connectivity index (χ3n) is 6.29. The topological polar surface area (TPSA) is 90.8 Å². The molecule has 0 spiro atoms. The maximum absolute atomic E-state index is 13.5. The molecule has 2 aromatic rings. The molecule has 32 heavy (non-hydrogen) atoms. The minimum Gasteiger partial charge on any atom is -0.465 e. The van der Waals surface area contributed by atoms with Gasteiger partial charge in [-0.3, -0.25) is 0 Å². The Balaban J connectivity index is 1.42. The monoisotopic (exact) mass is 446 g/mol. The molecule has 8 heteroatoms. The second kappa shape index (κ2) is 9.52. The van der Waals surface area contributed by atoms with Gasteiger partial charge in [-0.25, -0.2) is 13.6 Å². The Hall–Kier alpha value is -2.55. The zero-order chi connectivity index (χ0) is 22.7. The van der Waals surface area contributed by atoms with Crippen molar-refractivity contribution in [3.05, 3.63) is 70.8 Å². The van der Waals surface area contributed by atoms with Gasteiger partial charge in [0.15, 0.2) is 0 Å². The van der Waals surface area contributed by atoms with E-state index in [0.29, 0.717) is 0 Å². The molecule has 2 fully saturated rings. The van der Waals surface area contributed by atoms with E-state index in [1.807, 2.05) is 12.1 Å². The van der Waals surface area contributed by atoms with Crippen molar-refractivity contribution in [2.24, 2.45) is 0 Å². The second-order valence-corrected chi connectivity index (χ2v) is 8.70. The predicted molar refractivity (Wildman–Crippen MR) is 114 cm³/mol. The van der Waals surface area contributed by atoms with Crippen LogP contribution in [0.1, 0.15) is 48.5 Å². The van der Waals surface area contributed by atoms with Gasteiger partial charge in [0, 0.05) is 24.8 Å². The van der Waals surface area contributed by atoms with E-state index in [1.165, 1.54) is 0 Å². The first-order valence-corrected chi connectivity index (χ1v) is 10.9. The molecule has 1 unspecified atom stereocenters. The number of hydrogen-bond donors (Lipinski definition) is 4. The first-order valence-electron chi connectivity index (χ1n) is 10.9. The van der Waals surface area contributed by atoms with E-state index in [1.54, 1.807) is 0 Å². The van der Waals surface area contributed by atoms with Crippen molar-refractivity contribution < 1.29 is 28.5 Å². The van der Waals surface area contributed by atoms with Crippen molar-refractivity contribution in [3.8, 4) is 0 Å². The highest BCUT2D eigenvalue weighted by atomic mass is 19.1. The van der Waals surface area contributed by atoms with E-state index in [-0.39, 0.29) is 30.2 Å². The van der Waals surface area contributed by atoms with Crippen molar-refractivity contribution >= 4 is 6.09 Å². The number of ether oxygens (including phenoxy) is 1. The maximum atomic E-state index is 13.5. The summed E-state index contributed by atoms with van der Waals surface area (Å²) in [5, 5.41) is 25.6. The van der Waals surface area contributed by atoms with Gasteiger partial charge in [-0.15, -0.1) is 0 Å². The smallest absolute Gasteiger partial charge is 0.404 e. The summed E-state index contributed by atoms with van der Waals surface area (Å²) in [7, 11) is 0. The summed E-state index contributed by atoms with van der Waals surface area (Å²) in [6.07, 6.45) is 1.55. The molecule has 1 amide bonds. The first-order chi connectivity index (χ1) is 15.3. The molecule has 4 rings (SSSR count). The number of hydrogen-bond acceptors (Lipinski definition) is 4. The first kappa shape index (κ1) is 22.6. The highest BCUT2D eigenvalue weighted by molar-refractivity contribution is 5.65. The fourth-order valence-electron chi connectivity index (χ4n) is 4.44. The Morgan fingerprint density at radius 1 is 1.19 bits per heavy atom. The molecule has 1 aliphatic carbocycles. The van der Waals surface area contributed by atoms with E-state index in [2.05, 4.69) is 22.8 Å². The van der Waals surface area contributed by atoms with E-state index in [0.717, 1.165) is 61.6 Å². The molecule has 1 saturated heterocycles. The molecule has 6 nitrogen and oxygen atoms in total. The summed E-state index contributed by atoms with van der Waals surface area (Å²) in [6.45, 7) is 0.907. The van der Waals surface area contributed by atoms with Crippen LogP contribution >= 0.6 is 0 Å². The third-order valence-corrected chi connectivity index (χ3v) is 6.29. The van der Waals surface area contributed by atoms with Gasteiger partial charge in [-0.1, -0.05) is 24.3 Å². The Morgan fingerprint density at radius 3 is 2.56 bits per heavy atom. The lowest BCUT2D eigenvalue weighted by molar-refractivity contribution is 0.111. The number of rotatable bonds is 9. The van der Waals surface area contributed by atoms with Crippen LogP contribution in [0.3, 0.4) is 0 Å². The van der Waals surface area contributed by atoms with E-state index in [9.17, 15) is 23.8 Å². The predicted octanol–water partition coefficient (Wildman–Crippen LogP) is 3.63. The fraction of sp³-hybridized carbons (Fsp3) is 0.458.